The van der Waals surface area contributed by atoms with Crippen LogP contribution in [0, 0.1) is 11.3 Å². The molecule has 4 nitrogen and oxygen atoms in total. The molecule has 0 aliphatic heterocycles. The summed E-state index contributed by atoms with van der Waals surface area (Å²) in [5, 5.41) is 16.4. The number of methoxy groups -OCH3 is 1. The molecule has 4 heteroatoms. The van der Waals surface area contributed by atoms with E-state index in [0.29, 0.717) is 6.08 Å². The number of hydrogen-bond acceptors (Lipinski definition) is 4. The topological polar surface area (TPSA) is 70.3 Å². The van der Waals surface area contributed by atoms with Crippen molar-refractivity contribution in [3.63, 3.8) is 0 Å². The molecule has 9 heavy (non-hydrogen) atoms. The molecule has 0 aliphatic carbocycles. The van der Waals surface area contributed by atoms with Crippen LogP contribution in [0.2, 0.25) is 0 Å². The summed E-state index contributed by atoms with van der Waals surface area (Å²) in [6.07, 6.45) is 0.700. The zero-order valence-corrected chi connectivity index (χ0v) is 4.79. The Morgan fingerprint density at radius 2 is 2.44 bits per heavy atom. The summed E-state index contributed by atoms with van der Waals surface area (Å²) >= 11 is 0. The van der Waals surface area contributed by atoms with E-state index in [1.807, 2.05) is 0 Å². The van der Waals surface area contributed by atoms with E-state index in [1.165, 1.54) is 6.07 Å². The Morgan fingerprint density at radius 1 is 1.89 bits per heavy atom. The largest absolute Gasteiger partial charge is 0.501 e. The molecule has 0 radical (unpaired) electrons. The predicted octanol–water partition coefficient (Wildman–Crippen LogP) is 0.125. The summed E-state index contributed by atoms with van der Waals surface area (Å²) in [4.78, 5) is 10.2. The first-order valence-electron chi connectivity index (χ1n) is 2.09. The molecule has 48 valence electrons. The minimum absolute atomic E-state index is 0.681. The fourth-order valence-electron chi connectivity index (χ4n) is 0.225. The number of nitrogens with zero attached hydrogens (tertiary/aromatic N) is 1. The van der Waals surface area contributed by atoms with Crippen LogP contribution in [0.15, 0.2) is 11.8 Å². The molecule has 0 saturated heterocycles. The van der Waals surface area contributed by atoms with Gasteiger partial charge in [0.1, 0.15) is 0 Å². The van der Waals surface area contributed by atoms with E-state index < -0.39 is 11.7 Å². The van der Waals surface area contributed by atoms with Crippen molar-refractivity contribution >= 4 is 5.97 Å². The molecule has 0 atom stereocenters. The number of carbonyl (C=O) groups excluding carboxylic acids is 1. The highest BCUT2D eigenvalue weighted by Gasteiger charge is 2.04. The highest BCUT2D eigenvalue weighted by molar-refractivity contribution is 5.85. The van der Waals surface area contributed by atoms with Crippen LogP contribution in [0.3, 0.4) is 0 Å². The zero-order valence-electron chi connectivity index (χ0n) is 4.79. The van der Waals surface area contributed by atoms with E-state index in [0.717, 1.165) is 7.11 Å². The van der Waals surface area contributed by atoms with Gasteiger partial charge in [0.2, 0.25) is 5.76 Å². The molecule has 0 bridgehead atoms. The lowest BCUT2D eigenvalue weighted by atomic mass is 10.5. The van der Waals surface area contributed by atoms with Gasteiger partial charge >= 0.3 is 5.97 Å². The van der Waals surface area contributed by atoms with E-state index in [9.17, 15) is 4.79 Å². The molecule has 0 unspecified atom stereocenters. The molecule has 0 aromatic rings. The molecular formula is C5H5NO3. The lowest BCUT2D eigenvalue weighted by Crippen LogP contribution is -2.02. The van der Waals surface area contributed by atoms with E-state index >= 15 is 0 Å². The van der Waals surface area contributed by atoms with Crippen LogP contribution in [0.1, 0.15) is 0 Å². The SMILES string of the molecule is COC(=O)/C(O)=C\C#N. The van der Waals surface area contributed by atoms with E-state index in [4.69, 9.17) is 10.4 Å². The van der Waals surface area contributed by atoms with Gasteiger partial charge in [-0.15, -0.1) is 0 Å². The van der Waals surface area contributed by atoms with Crippen molar-refractivity contribution in [2.75, 3.05) is 7.11 Å². The van der Waals surface area contributed by atoms with Gasteiger partial charge in [-0.3, -0.25) is 0 Å². The second-order valence-corrected chi connectivity index (χ2v) is 1.15. The zero-order chi connectivity index (χ0) is 7.28. The Bertz CT molecular complexity index is 177. The van der Waals surface area contributed by atoms with Crippen LogP contribution < -0.4 is 0 Å². The van der Waals surface area contributed by atoms with Gasteiger partial charge in [-0.25, -0.2) is 4.79 Å². The smallest absolute Gasteiger partial charge is 0.373 e. The maximum Gasteiger partial charge on any atom is 0.373 e. The van der Waals surface area contributed by atoms with Gasteiger partial charge in [-0.1, -0.05) is 0 Å². The van der Waals surface area contributed by atoms with Crippen LogP contribution in [0.4, 0.5) is 0 Å². The lowest BCUT2D eigenvalue weighted by molar-refractivity contribution is -0.139. The average molecular weight is 127 g/mol. The number of carbonyl (C=O) groups is 1. The molecule has 0 fully saturated rings. The van der Waals surface area contributed by atoms with Gasteiger partial charge < -0.3 is 9.84 Å². The van der Waals surface area contributed by atoms with Gasteiger partial charge in [-0.2, -0.15) is 5.26 Å². The first kappa shape index (κ1) is 7.50. The second kappa shape index (κ2) is 3.50. The van der Waals surface area contributed by atoms with Gasteiger partial charge in [0, 0.05) is 0 Å². The van der Waals surface area contributed by atoms with Crippen LogP contribution in [0.5, 0.6) is 0 Å². The summed E-state index contributed by atoms with van der Waals surface area (Å²) in [5.41, 5.74) is 0. The Kier molecular flexibility index (Phi) is 2.91. The van der Waals surface area contributed by atoms with Crippen molar-refractivity contribution in [3.8, 4) is 6.07 Å². The van der Waals surface area contributed by atoms with Gasteiger partial charge in [0.25, 0.3) is 0 Å². The monoisotopic (exact) mass is 127 g/mol. The Labute approximate surface area is 52.0 Å². The molecule has 0 aromatic carbocycles. The lowest BCUT2D eigenvalue weighted by Gasteiger charge is -1.91. The van der Waals surface area contributed by atoms with E-state index in [2.05, 4.69) is 4.74 Å². The third-order valence-electron chi connectivity index (χ3n) is 0.596. The Morgan fingerprint density at radius 3 is 2.78 bits per heavy atom. The first-order chi connectivity index (χ1) is 4.22. The number of nitriles is 1. The van der Waals surface area contributed by atoms with Crippen molar-refractivity contribution in [2.45, 2.75) is 0 Å². The summed E-state index contributed by atoms with van der Waals surface area (Å²) in [6, 6.07) is 1.47. The fraction of sp³-hybridized carbons (Fsp3) is 0.200. The van der Waals surface area contributed by atoms with Crippen molar-refractivity contribution in [1.82, 2.24) is 0 Å². The van der Waals surface area contributed by atoms with Crippen molar-refractivity contribution in [3.05, 3.63) is 11.8 Å². The fourth-order valence-corrected chi connectivity index (χ4v) is 0.225. The number of esters is 1. The molecule has 0 heterocycles. The molecule has 0 aliphatic rings. The Hall–Kier alpha value is -1.50. The van der Waals surface area contributed by atoms with Gasteiger partial charge in [0.05, 0.1) is 19.3 Å². The molecule has 1 N–H and O–H groups in total. The van der Waals surface area contributed by atoms with Gasteiger partial charge in [0.15, 0.2) is 0 Å². The minimum Gasteiger partial charge on any atom is -0.501 e. The number of aliphatic hydroxyl groups excluding tert-OH is 1. The van der Waals surface area contributed by atoms with Gasteiger partial charge in [-0.05, 0) is 0 Å². The first-order valence-corrected chi connectivity index (χ1v) is 2.09. The third-order valence-corrected chi connectivity index (χ3v) is 0.596. The molecular weight excluding hydrogens is 122 g/mol. The second-order valence-electron chi connectivity index (χ2n) is 1.15. The van der Waals surface area contributed by atoms with Crippen LogP contribution >= 0.6 is 0 Å². The average Bonchev–Trinajstić information content (AvgIpc) is 1.87. The maximum absolute atomic E-state index is 10.2. The predicted molar refractivity (Wildman–Crippen MR) is 28.3 cm³/mol. The van der Waals surface area contributed by atoms with E-state index in [-0.39, 0.29) is 0 Å². The van der Waals surface area contributed by atoms with Crippen molar-refractivity contribution < 1.29 is 14.6 Å². The number of ether oxygens (including phenoxy) is 1. The van der Waals surface area contributed by atoms with Crippen molar-refractivity contribution in [2.24, 2.45) is 0 Å². The van der Waals surface area contributed by atoms with Crippen LogP contribution in [-0.2, 0) is 9.53 Å². The summed E-state index contributed by atoms with van der Waals surface area (Å²) in [7, 11) is 1.11. The molecule has 0 spiro atoms. The highest BCUT2D eigenvalue weighted by atomic mass is 16.5. The highest BCUT2D eigenvalue weighted by Crippen LogP contribution is 1.88. The molecule has 0 aromatic heterocycles. The standard InChI is InChI=1S/C5H5NO3/c1-9-5(8)4(7)2-3-6/h2,7H,1H3/b4-2+. The third kappa shape index (κ3) is 2.34. The summed E-state index contributed by atoms with van der Waals surface area (Å²) in [6.45, 7) is 0. The summed E-state index contributed by atoms with van der Waals surface area (Å²) < 4.78 is 4.06. The van der Waals surface area contributed by atoms with E-state index in [1.54, 1.807) is 0 Å². The minimum atomic E-state index is -0.906. The van der Waals surface area contributed by atoms with Crippen molar-refractivity contribution in [1.29, 1.82) is 5.26 Å². The maximum atomic E-state index is 10.2. The van der Waals surface area contributed by atoms with Crippen LogP contribution in [0.25, 0.3) is 0 Å². The number of allylic oxidation sites excluding steroid dienone is 1. The molecule has 0 amide bonds. The normalized spacial score (nSPS) is 10.0. The number of rotatable bonds is 1. The quantitative estimate of drug-likeness (QED) is 0.235. The van der Waals surface area contributed by atoms with Crippen LogP contribution in [-0.4, -0.2) is 18.2 Å². The number of aliphatic hydroxyl groups is 1. The summed E-state index contributed by atoms with van der Waals surface area (Å²) in [5.74, 6) is -1.59. The Balaban J connectivity index is 4.07. The molecule has 0 rings (SSSR count). The number of hydrogen-bond donors (Lipinski definition) is 1. The molecule has 0 saturated carbocycles.